The molecule has 2 aliphatic heterocycles. The predicted octanol–water partition coefficient (Wildman–Crippen LogP) is -2.39. The van der Waals surface area contributed by atoms with Crippen molar-refractivity contribution in [2.24, 2.45) is 28.1 Å². The molecule has 99 heavy (non-hydrogen) atoms. The largest absolute Gasteiger partial charge is 0.508 e. The number of aliphatic hydroxyl groups is 1. The molecular formula is C67H89ClN16O15. The molecule has 32 heteroatoms. The summed E-state index contributed by atoms with van der Waals surface area (Å²) in [5, 5.41) is 51.4. The Hall–Kier alpha value is -10.4. The molecule has 534 valence electrons. The van der Waals surface area contributed by atoms with Gasteiger partial charge in [-0.2, -0.15) is 0 Å². The number of carbonyl (C=O) groups excluding carboxylic acids is 13. The number of aliphatic imine (C=N–C) groups is 1. The van der Waals surface area contributed by atoms with Gasteiger partial charge in [0, 0.05) is 63.8 Å². The van der Waals surface area contributed by atoms with E-state index in [2.05, 4.69) is 63.5 Å². The van der Waals surface area contributed by atoms with Gasteiger partial charge in [0.25, 0.3) is 0 Å². The van der Waals surface area contributed by atoms with Gasteiger partial charge >= 0.3 is 0 Å². The quantitative estimate of drug-likeness (QED) is 0.0160. The van der Waals surface area contributed by atoms with E-state index < -0.39 is 157 Å². The van der Waals surface area contributed by atoms with Crippen LogP contribution in [-0.2, 0) is 81.6 Å². The van der Waals surface area contributed by atoms with E-state index in [-0.39, 0.29) is 95.0 Å². The number of hydrogen-bond donors (Lipinski definition) is 16. The summed E-state index contributed by atoms with van der Waals surface area (Å²) < 4.78 is 0. The summed E-state index contributed by atoms with van der Waals surface area (Å²) >= 11 is 6.11. The standard InChI is InChI=1S/C67H89ClN16O15/c1-36(2)28-47(59(92)78-46(12-7-26-73-67(70)71)66(99)84-27-9-13-54(84)65(98)75-37(3)57(69)90)79-61(94)50(32-41-15-20-42-10-5-6-11-43(42)29-41)81-60(93)49(31-40-18-23-45(87)24-19-40)82-64(97)53(35-85)83-63(96)52-34-74-58(91)48(30-39-16-21-44(68)22-17-39)80-62(95)51(76-38(4)86)33-56(89)72-25-8-14-55(88)77-52/h5-6,10-11,15-24,29,36-37,46-54,85,87H,7-9,12-14,25-28,30-35H2,1-4H3,(H2,69,90)(H,72,89)(H,74,91)(H,75,98)(H,76,86)(H,77,88)(H,78,92)(H,79,94)(H,80,95)(H,81,93)(H,82,97)(H,83,96)(H4,70,71,73)/t37?,46-,47+,48+,49-,50?,51?,52+,53-,54+/m0/s1. The van der Waals surface area contributed by atoms with E-state index in [0.29, 0.717) is 28.1 Å². The molecule has 4 aromatic carbocycles. The number of rotatable bonds is 28. The maximum absolute atomic E-state index is 15.1. The lowest BCUT2D eigenvalue weighted by Crippen LogP contribution is -2.62. The second kappa shape index (κ2) is 37.9. The molecule has 0 spiro atoms. The van der Waals surface area contributed by atoms with Crippen molar-refractivity contribution in [3.05, 3.63) is 113 Å². The number of aliphatic hydroxyl groups excluding tert-OH is 1. The lowest BCUT2D eigenvalue weighted by Gasteiger charge is -2.31. The van der Waals surface area contributed by atoms with E-state index >= 15 is 9.59 Å². The second-order valence-corrected chi connectivity index (χ2v) is 25.2. The van der Waals surface area contributed by atoms with Crippen LogP contribution >= 0.6 is 11.6 Å². The molecule has 0 radical (unpaired) electrons. The number of nitrogens with one attached hydrogen (secondary N) is 11. The normalized spacial score (nSPS) is 18.8. The Morgan fingerprint density at radius 3 is 1.91 bits per heavy atom. The number of hydrogen-bond acceptors (Lipinski definition) is 16. The summed E-state index contributed by atoms with van der Waals surface area (Å²) in [6, 6.07) is 10.2. The van der Waals surface area contributed by atoms with Crippen molar-refractivity contribution in [3.63, 3.8) is 0 Å². The molecule has 10 atom stereocenters. The molecule has 0 bridgehead atoms. The van der Waals surface area contributed by atoms with Crippen molar-refractivity contribution >= 4 is 105 Å². The molecule has 6 rings (SSSR count). The Kier molecular flexibility index (Phi) is 29.7. The fraction of sp³-hybridized carbons (Fsp3) is 0.463. The molecule has 0 aromatic heterocycles. The number of aromatic hydroxyl groups is 1. The number of fused-ring (bicyclic) bond motifs is 1. The number of likely N-dealkylation sites (tertiary alicyclic amines) is 1. The van der Waals surface area contributed by atoms with Gasteiger partial charge in [-0.3, -0.25) is 67.3 Å². The third-order valence-electron chi connectivity index (χ3n) is 16.3. The van der Waals surface area contributed by atoms with Crippen LogP contribution in [0, 0.1) is 5.92 Å². The van der Waals surface area contributed by atoms with Gasteiger partial charge in [0.1, 0.15) is 66.2 Å². The minimum Gasteiger partial charge on any atom is -0.508 e. The van der Waals surface area contributed by atoms with Crippen LogP contribution in [0.5, 0.6) is 5.75 Å². The number of nitrogens with two attached hydrogens (primary N) is 3. The lowest BCUT2D eigenvalue weighted by molar-refractivity contribution is -0.142. The Labute approximate surface area is 576 Å². The van der Waals surface area contributed by atoms with Crippen molar-refractivity contribution in [2.75, 3.05) is 32.8 Å². The van der Waals surface area contributed by atoms with E-state index in [9.17, 15) is 63.0 Å². The van der Waals surface area contributed by atoms with E-state index in [0.717, 1.165) is 17.7 Å². The first-order valence-corrected chi connectivity index (χ1v) is 32.9. The lowest BCUT2D eigenvalue weighted by atomic mass is 9.98. The SMILES string of the molecule is CC(=O)NC1CC(=O)NCCCC(=O)N[C@@H](C(=O)N[C@@H](CO)C(=O)N[C@@H](Cc2ccc(O)cc2)C(=O)NC(Cc2ccc3ccccc3c2)C(=O)N[C@H](CC(C)C)C(=O)N[C@@H](CCCN=C(N)N)C(=O)N2CCC[C@@H]2C(=O)NC(C)C(N)=O)CNC(=O)[C@@H](Cc2ccc(Cl)cc2)NC1=O. The molecule has 2 aliphatic rings. The summed E-state index contributed by atoms with van der Waals surface area (Å²) in [7, 11) is 0. The van der Waals surface area contributed by atoms with Gasteiger partial charge in [0.05, 0.1) is 13.0 Å². The maximum Gasteiger partial charge on any atom is 0.245 e. The van der Waals surface area contributed by atoms with Gasteiger partial charge < -0.3 is 90.8 Å². The van der Waals surface area contributed by atoms with Crippen molar-refractivity contribution in [3.8, 4) is 5.75 Å². The Morgan fingerprint density at radius 1 is 0.667 bits per heavy atom. The van der Waals surface area contributed by atoms with Crippen LogP contribution in [0.3, 0.4) is 0 Å². The minimum absolute atomic E-state index is 0.00221. The molecule has 0 aliphatic carbocycles. The number of guanidine groups is 1. The zero-order valence-corrected chi connectivity index (χ0v) is 56.3. The molecule has 2 fully saturated rings. The van der Waals surface area contributed by atoms with Crippen LogP contribution in [0.2, 0.25) is 5.02 Å². The average molecular weight is 1390 g/mol. The number of benzene rings is 4. The van der Waals surface area contributed by atoms with Crippen molar-refractivity contribution < 1.29 is 72.5 Å². The zero-order chi connectivity index (χ0) is 72.5. The molecular weight excluding hydrogens is 1300 g/mol. The topological polar surface area (TPSA) is 488 Å². The van der Waals surface area contributed by atoms with Crippen LogP contribution in [0.15, 0.2) is 96.0 Å². The Balaban J connectivity index is 1.28. The molecule has 2 saturated heterocycles. The van der Waals surface area contributed by atoms with E-state index in [4.69, 9.17) is 28.8 Å². The number of phenolic OH excluding ortho intramolecular Hbond substituents is 1. The third kappa shape index (κ3) is 24.9. The van der Waals surface area contributed by atoms with Crippen LogP contribution in [0.4, 0.5) is 0 Å². The number of nitrogens with zero attached hydrogens (tertiary/aromatic N) is 2. The van der Waals surface area contributed by atoms with Crippen molar-refractivity contribution in [1.29, 1.82) is 0 Å². The van der Waals surface area contributed by atoms with Gasteiger partial charge in [-0.1, -0.05) is 92.2 Å². The van der Waals surface area contributed by atoms with Crippen LogP contribution in [0.1, 0.15) is 95.8 Å². The van der Waals surface area contributed by atoms with Crippen LogP contribution < -0.4 is 75.7 Å². The number of primary amides is 1. The summed E-state index contributed by atoms with van der Waals surface area (Å²) in [4.78, 5) is 185. The van der Waals surface area contributed by atoms with Gasteiger partial charge in [0.2, 0.25) is 76.8 Å². The first-order valence-electron chi connectivity index (χ1n) is 32.6. The molecule has 13 amide bonds. The highest BCUT2D eigenvalue weighted by molar-refractivity contribution is 6.30. The first kappa shape index (κ1) is 77.6. The highest BCUT2D eigenvalue weighted by atomic mass is 35.5. The monoisotopic (exact) mass is 1390 g/mol. The summed E-state index contributed by atoms with van der Waals surface area (Å²) in [5.41, 5.74) is 18.0. The molecule has 2 heterocycles. The first-order chi connectivity index (χ1) is 47.1. The molecule has 19 N–H and O–H groups in total. The number of halogens is 1. The molecule has 31 nitrogen and oxygen atoms in total. The van der Waals surface area contributed by atoms with Gasteiger partial charge in [0.15, 0.2) is 5.96 Å². The molecule has 0 saturated carbocycles. The van der Waals surface area contributed by atoms with Crippen molar-refractivity contribution in [2.45, 2.75) is 159 Å². The van der Waals surface area contributed by atoms with E-state index in [1.54, 1.807) is 50.2 Å². The average Bonchev–Trinajstić information content (AvgIpc) is 1.81. The summed E-state index contributed by atoms with van der Waals surface area (Å²) in [6.07, 6.45) is -0.708. The smallest absolute Gasteiger partial charge is 0.245 e. The van der Waals surface area contributed by atoms with E-state index in [1.807, 2.05) is 30.3 Å². The fourth-order valence-electron chi connectivity index (χ4n) is 11.1. The molecule has 4 aromatic rings. The predicted molar refractivity (Wildman–Crippen MR) is 364 cm³/mol. The summed E-state index contributed by atoms with van der Waals surface area (Å²) in [6.45, 7) is 4.44. The Morgan fingerprint density at radius 2 is 1.27 bits per heavy atom. The van der Waals surface area contributed by atoms with Gasteiger partial charge in [-0.25, -0.2) is 0 Å². The van der Waals surface area contributed by atoms with Crippen molar-refractivity contribution in [1.82, 2.24) is 63.4 Å². The zero-order valence-electron chi connectivity index (χ0n) is 55.5. The fourth-order valence-corrected chi connectivity index (χ4v) is 11.2. The number of amides is 13. The highest BCUT2D eigenvalue weighted by Gasteiger charge is 2.40. The minimum atomic E-state index is -1.88. The second-order valence-electron chi connectivity index (χ2n) is 24.8. The molecule has 3 unspecified atom stereocenters. The van der Waals surface area contributed by atoms with Gasteiger partial charge in [-0.15, -0.1) is 0 Å². The van der Waals surface area contributed by atoms with Gasteiger partial charge in [-0.05, 0) is 103 Å². The summed E-state index contributed by atoms with van der Waals surface area (Å²) in [5.74, 6) is -11.5. The Bertz CT molecular complexity index is 3590. The highest BCUT2D eigenvalue weighted by Crippen LogP contribution is 2.22. The maximum atomic E-state index is 15.1. The number of phenols is 1. The third-order valence-corrected chi connectivity index (χ3v) is 16.6. The van der Waals surface area contributed by atoms with E-state index in [1.165, 1.54) is 36.1 Å². The van der Waals surface area contributed by atoms with Crippen LogP contribution in [-0.4, -0.2) is 191 Å². The number of carbonyl (C=O) groups is 13. The van der Waals surface area contributed by atoms with Crippen LogP contribution in [0.25, 0.3) is 10.8 Å².